The van der Waals surface area contributed by atoms with Crippen molar-refractivity contribution < 1.29 is 153 Å². The number of aliphatic carboxylic acids is 2. The molecule has 0 unspecified atom stereocenters. The van der Waals surface area contributed by atoms with Gasteiger partial charge in [-0.05, 0) is 83.1 Å². The Balaban J connectivity index is -0.000000705. The Morgan fingerprint density at radius 2 is 0.525 bits per heavy atom. The molecule has 0 radical (unpaired) electrons. The van der Waals surface area contributed by atoms with Crippen molar-refractivity contribution in [2.45, 2.75) is 157 Å². The van der Waals surface area contributed by atoms with Crippen LogP contribution in [0.15, 0.2) is 0 Å². The Bertz CT molecular complexity index is 1850. The van der Waals surface area contributed by atoms with E-state index in [0.717, 1.165) is 0 Å². The van der Waals surface area contributed by atoms with Gasteiger partial charge in [-0.15, -0.1) is 0 Å². The maximum Gasteiger partial charge on any atom is 1.00 e. The number of nitrogens with zero attached hydrogens (tertiary/aromatic N) is 4. The minimum Gasteiger partial charge on any atom is -0.870 e. The number of carboxylic acids is 2. The molecule has 0 aliphatic rings. The zero-order chi connectivity index (χ0) is 60.5. The number of carboxylic acid groups (broad SMARTS) is 2. The third-order valence-corrected chi connectivity index (χ3v) is 9.54. The minimum atomic E-state index is -1.12. The number of hydrogen-bond acceptors (Lipinski definition) is 19. The van der Waals surface area contributed by atoms with E-state index >= 15 is 0 Å². The number of alkyl carbamates (subject to hydrolysis) is 4. The van der Waals surface area contributed by atoms with Gasteiger partial charge in [0, 0.05) is 104 Å². The molecule has 8 amide bonds. The van der Waals surface area contributed by atoms with E-state index in [0.29, 0.717) is 0 Å². The van der Waals surface area contributed by atoms with E-state index in [4.69, 9.17) is 29.2 Å². The zero-order valence-corrected chi connectivity index (χ0v) is 52.7. The average Bonchev–Trinajstić information content (AvgIpc) is 3.27. The quantitative estimate of drug-likeness (QED) is 0.0309. The largest absolute Gasteiger partial charge is 1.00 e. The van der Waals surface area contributed by atoms with Gasteiger partial charge in [-0.25, -0.2) is 19.2 Å². The van der Waals surface area contributed by atoms with E-state index in [1.54, 1.807) is 83.1 Å². The van der Waals surface area contributed by atoms with Gasteiger partial charge in [0.05, 0.1) is 39.9 Å². The summed E-state index contributed by atoms with van der Waals surface area (Å²) < 4.78 is 29.8. The number of amides is 8. The van der Waals surface area contributed by atoms with Gasteiger partial charge in [0.25, 0.3) is 0 Å². The van der Waals surface area contributed by atoms with Crippen molar-refractivity contribution in [1.29, 1.82) is 0 Å². The summed E-state index contributed by atoms with van der Waals surface area (Å²) >= 11 is 0. The molecule has 80 heavy (non-hydrogen) atoms. The van der Waals surface area contributed by atoms with Crippen LogP contribution < -0.4 is 72.7 Å². The normalized spacial score (nSPS) is 10.9. The Kier molecular flexibility index (Phi) is 41.9. The first-order valence-electron chi connectivity index (χ1n) is 25.4. The number of carbonyl (C=O) groups is 12. The second-order valence-electron chi connectivity index (χ2n) is 21.2. The third kappa shape index (κ3) is 47.3. The monoisotopic (exact) mass is 1180 g/mol. The van der Waals surface area contributed by atoms with Crippen LogP contribution in [0.3, 0.4) is 0 Å². The van der Waals surface area contributed by atoms with Crippen LogP contribution in [0.1, 0.15) is 134 Å². The molecule has 0 atom stereocenters. The summed E-state index contributed by atoms with van der Waals surface area (Å²) in [6.45, 7) is 20.1. The van der Waals surface area contributed by atoms with Crippen LogP contribution in [0.5, 0.6) is 0 Å². The average molecular weight is 1180 g/mol. The molecule has 0 aliphatic heterocycles. The summed E-state index contributed by atoms with van der Waals surface area (Å²) in [5, 5.41) is 28.0. The first kappa shape index (κ1) is 80.9. The molecule has 0 aromatic carbocycles. The molecule has 0 bridgehead atoms. The van der Waals surface area contributed by atoms with Gasteiger partial charge < -0.3 is 85.0 Å². The summed E-state index contributed by atoms with van der Waals surface area (Å²) in [7, 11) is 2.47. The smallest absolute Gasteiger partial charge is 0.870 e. The van der Waals surface area contributed by atoms with Crippen molar-refractivity contribution in [3.8, 4) is 0 Å². The Morgan fingerprint density at radius 1 is 0.338 bits per heavy atom. The molecular weight excluding hydrogens is 1090 g/mol. The molecule has 0 rings (SSSR count). The fraction of sp³-hybridized carbons (Fsp3) is 0.760. The first-order valence-corrected chi connectivity index (χ1v) is 25.4. The van der Waals surface area contributed by atoms with Crippen molar-refractivity contribution in [1.82, 2.24) is 40.9 Å². The standard InChI is InChI=1S/C26H46N4O10.C24H42N4O10.K.H2O/c1-25(2,3)39-23(35)27-13-9-19(31)29(15-11-21(33)37-7)17-18-30(16-12-22(34)38-8)20(32)10-14-28-24(36)40-26(4,5)6;1-23(2,3)37-21(35)25-11-7-17(29)27(13-9-19(31)32)15-16-28(14-10-20(33)34)18(30)8-12-26-22(36)38-24(4,5)6;;/h9-18H2,1-8H3,(H,27,35)(H,28,36);7-16H2,1-6H3,(H,25,35)(H,26,36)(H,31,32)(H,33,34);;1H2/q;;+1;/p-1. The third-order valence-electron chi connectivity index (χ3n) is 9.54. The fourth-order valence-corrected chi connectivity index (χ4v) is 6.02. The van der Waals surface area contributed by atoms with Gasteiger partial charge in [0.15, 0.2) is 0 Å². The van der Waals surface area contributed by atoms with Crippen LogP contribution in [0.2, 0.25) is 0 Å². The predicted octanol–water partition coefficient (Wildman–Crippen LogP) is -0.151. The summed E-state index contributed by atoms with van der Waals surface area (Å²) in [4.78, 5) is 149. The van der Waals surface area contributed by atoms with Crippen LogP contribution >= 0.6 is 0 Å². The molecule has 30 heteroatoms. The molecule has 29 nitrogen and oxygen atoms in total. The molecule has 0 aromatic heterocycles. The van der Waals surface area contributed by atoms with Gasteiger partial charge in [0.1, 0.15) is 22.4 Å². The van der Waals surface area contributed by atoms with E-state index in [1.807, 2.05) is 0 Å². The topological polar surface area (TPSA) is 392 Å². The van der Waals surface area contributed by atoms with Crippen LogP contribution in [0, 0.1) is 0 Å². The zero-order valence-electron chi connectivity index (χ0n) is 49.6. The van der Waals surface area contributed by atoms with Crippen molar-refractivity contribution in [2.75, 3.05) is 92.8 Å². The van der Waals surface area contributed by atoms with Crippen molar-refractivity contribution in [3.63, 3.8) is 0 Å². The number of methoxy groups -OCH3 is 2. The maximum atomic E-state index is 12.9. The molecule has 456 valence electrons. The molecular formula is C50H89KN8O21. The summed E-state index contributed by atoms with van der Waals surface area (Å²) in [6.07, 6.45) is -3.98. The number of ether oxygens (including phenoxy) is 6. The number of hydrogen-bond donors (Lipinski definition) is 6. The molecule has 0 spiro atoms. The Labute approximate surface area is 511 Å². The minimum absolute atomic E-state index is 0. The number of nitrogens with one attached hydrogen (secondary N) is 4. The van der Waals surface area contributed by atoms with Gasteiger partial charge in [-0.2, -0.15) is 0 Å². The second kappa shape index (κ2) is 41.4. The van der Waals surface area contributed by atoms with Crippen molar-refractivity contribution >= 4 is 71.9 Å². The number of carbonyl (C=O) groups excluding carboxylic acids is 10. The van der Waals surface area contributed by atoms with Crippen LogP contribution in [0.25, 0.3) is 0 Å². The van der Waals surface area contributed by atoms with Gasteiger partial charge in [-0.3, -0.25) is 38.4 Å². The van der Waals surface area contributed by atoms with E-state index in [-0.39, 0.29) is 199 Å². The second-order valence-corrected chi connectivity index (χ2v) is 21.2. The van der Waals surface area contributed by atoms with Gasteiger partial charge in [0.2, 0.25) is 23.6 Å². The summed E-state index contributed by atoms with van der Waals surface area (Å²) in [6, 6.07) is 0. The van der Waals surface area contributed by atoms with E-state index in [1.165, 1.54) is 33.8 Å². The van der Waals surface area contributed by atoms with Crippen LogP contribution in [-0.4, -0.2) is 222 Å². The fourth-order valence-electron chi connectivity index (χ4n) is 6.02. The summed E-state index contributed by atoms with van der Waals surface area (Å²) in [5.41, 5.74) is -2.81. The summed E-state index contributed by atoms with van der Waals surface area (Å²) in [5.74, 6) is -4.94. The Hall–Kier alpha value is -5.56. The van der Waals surface area contributed by atoms with Gasteiger partial charge in [-0.1, -0.05) is 0 Å². The molecule has 0 fully saturated rings. The van der Waals surface area contributed by atoms with E-state index in [9.17, 15) is 57.5 Å². The van der Waals surface area contributed by atoms with E-state index in [2.05, 4.69) is 30.7 Å². The van der Waals surface area contributed by atoms with Crippen LogP contribution in [-0.2, 0) is 66.8 Å². The predicted molar refractivity (Wildman–Crippen MR) is 281 cm³/mol. The van der Waals surface area contributed by atoms with E-state index < -0.39 is 82.5 Å². The Morgan fingerprint density at radius 3 is 0.688 bits per heavy atom. The maximum absolute atomic E-state index is 12.9. The SMILES string of the molecule is CC(C)(C)OC(=O)NCCC(=O)N(CCC(=O)O)CCN(CCC(=O)O)C(=O)CCNC(=O)OC(C)(C)C.COC(=O)CCN(CCN(CCC(=O)OC)C(=O)CCNC(=O)OC(C)(C)C)C(=O)CCNC(=O)OC(C)(C)C.[K+].[OH-]. The number of rotatable bonds is 30. The molecule has 0 saturated carbocycles. The molecule has 0 saturated heterocycles. The first-order chi connectivity index (χ1) is 35.9. The van der Waals surface area contributed by atoms with Crippen molar-refractivity contribution in [2.24, 2.45) is 0 Å². The van der Waals surface area contributed by atoms with Crippen molar-refractivity contribution in [3.05, 3.63) is 0 Å². The molecule has 0 aromatic rings. The molecule has 7 N–H and O–H groups in total. The van der Waals surface area contributed by atoms with Gasteiger partial charge >= 0.3 is 99.6 Å². The number of esters is 2. The van der Waals surface area contributed by atoms with Crippen LogP contribution in [0.4, 0.5) is 19.2 Å². The molecule has 0 aliphatic carbocycles. The molecule has 0 heterocycles.